The molecular formula is C8H5Cl2N3OS. The van der Waals surface area contributed by atoms with E-state index in [0.29, 0.717) is 10.2 Å². The number of halogens is 2. The molecule has 0 saturated carbocycles. The van der Waals surface area contributed by atoms with Crippen LogP contribution in [0.3, 0.4) is 0 Å². The lowest BCUT2D eigenvalue weighted by Crippen LogP contribution is -1.96. The molecule has 7 heteroatoms. The summed E-state index contributed by atoms with van der Waals surface area (Å²) in [5, 5.41) is 0.0985. The Morgan fingerprint density at radius 3 is 2.60 bits per heavy atom. The number of hydrogen-bond donors (Lipinski definition) is 0. The summed E-state index contributed by atoms with van der Waals surface area (Å²) in [6, 6.07) is 3.78. The van der Waals surface area contributed by atoms with Crippen LogP contribution in [-0.4, -0.2) is 22.1 Å². The lowest BCUT2D eigenvalue weighted by molar-refractivity contribution is 0.379. The maximum absolute atomic E-state index is 5.81. The van der Waals surface area contributed by atoms with Crippen LogP contribution in [0.15, 0.2) is 12.1 Å². The summed E-state index contributed by atoms with van der Waals surface area (Å²) in [5.74, 6) is 0.462. The van der Waals surface area contributed by atoms with E-state index < -0.39 is 0 Å². The summed E-state index contributed by atoms with van der Waals surface area (Å²) < 4.78 is 5.56. The highest BCUT2D eigenvalue weighted by molar-refractivity contribution is 7.19. The molecule has 2 rings (SSSR count). The molecule has 78 valence electrons. The third-order valence-electron chi connectivity index (χ3n) is 1.56. The Hall–Kier alpha value is -0.910. The smallest absolute Gasteiger partial charge is 0.321 e. The van der Waals surface area contributed by atoms with Gasteiger partial charge in [0.05, 0.1) is 16.3 Å². The molecule has 4 nitrogen and oxygen atoms in total. The first kappa shape index (κ1) is 10.6. The van der Waals surface area contributed by atoms with Crippen molar-refractivity contribution in [3.63, 3.8) is 0 Å². The van der Waals surface area contributed by atoms with E-state index in [9.17, 15) is 0 Å². The largest absolute Gasteiger partial charge is 0.467 e. The van der Waals surface area contributed by atoms with Crippen molar-refractivity contribution in [1.82, 2.24) is 15.0 Å². The van der Waals surface area contributed by atoms with Gasteiger partial charge in [-0.25, -0.2) is 0 Å². The second-order valence-electron chi connectivity index (χ2n) is 2.52. The zero-order valence-corrected chi connectivity index (χ0v) is 9.90. The number of aromatic nitrogens is 3. The highest BCUT2D eigenvalue weighted by Crippen LogP contribution is 2.29. The summed E-state index contributed by atoms with van der Waals surface area (Å²) in [4.78, 5) is 12.6. The van der Waals surface area contributed by atoms with Gasteiger partial charge in [0, 0.05) is 0 Å². The Kier molecular flexibility index (Phi) is 3.04. The van der Waals surface area contributed by atoms with Crippen LogP contribution >= 0.6 is 34.5 Å². The van der Waals surface area contributed by atoms with Gasteiger partial charge in [0.2, 0.25) is 5.28 Å². The number of nitrogens with zero attached hydrogens (tertiary/aromatic N) is 3. The molecule has 0 aliphatic carbocycles. The molecule has 0 amide bonds. The molecule has 15 heavy (non-hydrogen) atoms. The summed E-state index contributed by atoms with van der Waals surface area (Å²) in [7, 11) is 1.47. The number of hydrogen-bond acceptors (Lipinski definition) is 5. The fourth-order valence-corrected chi connectivity index (χ4v) is 2.10. The summed E-state index contributed by atoms with van der Waals surface area (Å²) in [5.41, 5.74) is 0. The topological polar surface area (TPSA) is 47.9 Å². The Labute approximate surface area is 99.9 Å². The van der Waals surface area contributed by atoms with Crippen LogP contribution in [0.2, 0.25) is 9.62 Å². The average Bonchev–Trinajstić information content (AvgIpc) is 2.64. The monoisotopic (exact) mass is 261 g/mol. The second-order valence-corrected chi connectivity index (χ2v) is 4.57. The maximum atomic E-state index is 5.81. The van der Waals surface area contributed by atoms with Crippen molar-refractivity contribution in [1.29, 1.82) is 0 Å². The van der Waals surface area contributed by atoms with Gasteiger partial charge in [-0.2, -0.15) is 15.0 Å². The van der Waals surface area contributed by atoms with Crippen molar-refractivity contribution in [3.8, 4) is 16.7 Å². The number of methoxy groups -OCH3 is 1. The Bertz CT molecular complexity index is 488. The van der Waals surface area contributed by atoms with Gasteiger partial charge in [0.15, 0.2) is 5.82 Å². The molecule has 0 unspecified atom stereocenters. The van der Waals surface area contributed by atoms with Gasteiger partial charge in [-0.1, -0.05) is 11.6 Å². The summed E-state index contributed by atoms with van der Waals surface area (Å²) in [6.07, 6.45) is 0. The van der Waals surface area contributed by atoms with Gasteiger partial charge >= 0.3 is 6.01 Å². The normalized spacial score (nSPS) is 10.3. The van der Waals surface area contributed by atoms with Crippen molar-refractivity contribution in [2.45, 2.75) is 0 Å². The molecule has 0 aliphatic rings. The third kappa shape index (κ3) is 2.37. The molecule has 2 aromatic heterocycles. The predicted octanol–water partition coefficient (Wildman–Crippen LogP) is 2.92. The molecule has 0 bridgehead atoms. The molecule has 0 N–H and O–H groups in total. The molecule has 0 aromatic carbocycles. The fraction of sp³-hybridized carbons (Fsp3) is 0.125. The first-order valence-electron chi connectivity index (χ1n) is 3.90. The van der Waals surface area contributed by atoms with E-state index in [1.165, 1.54) is 18.4 Å². The molecule has 0 radical (unpaired) electrons. The number of thiophene rings is 1. The zero-order valence-electron chi connectivity index (χ0n) is 7.57. The van der Waals surface area contributed by atoms with Gasteiger partial charge in [-0.05, 0) is 23.7 Å². The van der Waals surface area contributed by atoms with Crippen LogP contribution in [0.5, 0.6) is 6.01 Å². The summed E-state index contributed by atoms with van der Waals surface area (Å²) in [6.45, 7) is 0. The van der Waals surface area contributed by atoms with E-state index >= 15 is 0 Å². The van der Waals surface area contributed by atoms with Gasteiger partial charge in [0.25, 0.3) is 0 Å². The van der Waals surface area contributed by atoms with Crippen LogP contribution in [-0.2, 0) is 0 Å². The van der Waals surface area contributed by atoms with Crippen molar-refractivity contribution in [2.24, 2.45) is 0 Å². The highest BCUT2D eigenvalue weighted by atomic mass is 35.5. The van der Waals surface area contributed by atoms with E-state index in [1.807, 2.05) is 6.07 Å². The van der Waals surface area contributed by atoms with Crippen LogP contribution < -0.4 is 4.74 Å². The molecule has 0 fully saturated rings. The van der Waals surface area contributed by atoms with Crippen molar-refractivity contribution >= 4 is 34.5 Å². The zero-order chi connectivity index (χ0) is 10.8. The van der Waals surface area contributed by atoms with Gasteiger partial charge < -0.3 is 4.74 Å². The van der Waals surface area contributed by atoms with Gasteiger partial charge in [-0.3, -0.25) is 0 Å². The molecule has 0 atom stereocenters. The van der Waals surface area contributed by atoms with E-state index in [1.54, 1.807) is 6.07 Å². The van der Waals surface area contributed by atoms with Gasteiger partial charge in [0.1, 0.15) is 0 Å². The van der Waals surface area contributed by atoms with Crippen LogP contribution in [0, 0.1) is 0 Å². The predicted molar refractivity (Wildman–Crippen MR) is 59.7 cm³/mol. The van der Waals surface area contributed by atoms with Crippen molar-refractivity contribution in [3.05, 3.63) is 21.8 Å². The summed E-state index contributed by atoms with van der Waals surface area (Å²) >= 11 is 12.9. The van der Waals surface area contributed by atoms with Gasteiger partial charge in [-0.15, -0.1) is 11.3 Å². The van der Waals surface area contributed by atoms with E-state index in [4.69, 9.17) is 27.9 Å². The van der Waals surface area contributed by atoms with E-state index in [0.717, 1.165) is 4.88 Å². The number of rotatable bonds is 2. The Morgan fingerprint density at radius 2 is 2.00 bits per heavy atom. The standard InChI is InChI=1S/C8H5Cl2N3OS/c1-14-8-12-6(11-7(10)13-8)4-2-3-5(9)15-4/h2-3H,1H3. The molecular weight excluding hydrogens is 257 g/mol. The molecule has 2 heterocycles. The SMILES string of the molecule is COc1nc(Cl)nc(-c2ccc(Cl)s2)n1. The third-order valence-corrected chi connectivity index (χ3v) is 2.96. The Morgan fingerprint density at radius 1 is 1.20 bits per heavy atom. The van der Waals surface area contributed by atoms with Crippen LogP contribution in [0.1, 0.15) is 0 Å². The first-order chi connectivity index (χ1) is 7.19. The molecule has 0 spiro atoms. The second kappa shape index (κ2) is 4.30. The van der Waals surface area contributed by atoms with E-state index in [-0.39, 0.29) is 11.3 Å². The quantitative estimate of drug-likeness (QED) is 0.834. The van der Waals surface area contributed by atoms with Crippen LogP contribution in [0.4, 0.5) is 0 Å². The number of ether oxygens (including phenoxy) is 1. The van der Waals surface area contributed by atoms with Crippen molar-refractivity contribution < 1.29 is 4.74 Å². The lowest BCUT2D eigenvalue weighted by atomic mass is 10.4. The first-order valence-corrected chi connectivity index (χ1v) is 5.47. The fourth-order valence-electron chi connectivity index (χ4n) is 0.968. The lowest BCUT2D eigenvalue weighted by Gasteiger charge is -2.00. The minimum atomic E-state index is 0.0985. The van der Waals surface area contributed by atoms with Crippen LogP contribution in [0.25, 0.3) is 10.7 Å². The molecule has 0 saturated heterocycles. The highest BCUT2D eigenvalue weighted by Gasteiger charge is 2.09. The molecule has 2 aromatic rings. The van der Waals surface area contributed by atoms with E-state index in [2.05, 4.69) is 15.0 Å². The van der Waals surface area contributed by atoms with Crippen molar-refractivity contribution in [2.75, 3.05) is 7.11 Å². The minimum absolute atomic E-state index is 0.0985. The minimum Gasteiger partial charge on any atom is -0.467 e. The Balaban J connectivity index is 2.48. The average molecular weight is 262 g/mol. The molecule has 0 aliphatic heterocycles. The maximum Gasteiger partial charge on any atom is 0.321 e.